The molecule has 1 atom stereocenters. The zero-order valence-corrected chi connectivity index (χ0v) is 22.3. The summed E-state index contributed by atoms with van der Waals surface area (Å²) in [5.74, 6) is -1.48. The summed E-state index contributed by atoms with van der Waals surface area (Å²) in [6.45, 7) is -0.500. The Kier molecular flexibility index (Phi) is 7.50. The summed E-state index contributed by atoms with van der Waals surface area (Å²) in [7, 11) is -6.70. The lowest BCUT2D eigenvalue weighted by Gasteiger charge is -2.17. The topological polar surface area (TPSA) is 118 Å². The van der Waals surface area contributed by atoms with Gasteiger partial charge < -0.3 is 10.4 Å². The number of hydrogen-bond acceptors (Lipinski definition) is 6. The van der Waals surface area contributed by atoms with Crippen LogP contribution in [0.2, 0.25) is 10.0 Å². The number of aliphatic hydroxyl groups is 1. The molecule has 0 saturated heterocycles. The Balaban J connectivity index is 1.54. The number of carbonyl (C=O) groups is 1. The lowest BCUT2D eigenvalue weighted by molar-refractivity contribution is -0.118. The van der Waals surface area contributed by atoms with Gasteiger partial charge in [0.25, 0.3) is 0 Å². The molecule has 0 spiro atoms. The minimum absolute atomic E-state index is 0.107. The molecule has 0 unspecified atom stereocenters. The lowest BCUT2D eigenvalue weighted by Crippen LogP contribution is -2.24. The predicted octanol–water partition coefficient (Wildman–Crippen LogP) is 4.71. The molecule has 1 amide bonds. The minimum atomic E-state index is -3.39. The van der Waals surface area contributed by atoms with Crippen LogP contribution in [0.25, 0.3) is 11.1 Å². The Hall–Kier alpha value is -2.43. The van der Waals surface area contributed by atoms with Gasteiger partial charge in [0.1, 0.15) is 0 Å². The summed E-state index contributed by atoms with van der Waals surface area (Å²) in [5.41, 5.74) is 1.86. The second-order valence-corrected chi connectivity index (χ2v) is 13.7. The number of carbonyl (C=O) groups excluding carboxylic acids is 1. The number of rotatable bonds is 8. The maximum atomic E-state index is 12.9. The van der Waals surface area contributed by atoms with Gasteiger partial charge in [0, 0.05) is 17.5 Å². The van der Waals surface area contributed by atoms with E-state index in [1.165, 1.54) is 48.5 Å². The Morgan fingerprint density at radius 1 is 0.944 bits per heavy atom. The van der Waals surface area contributed by atoms with Gasteiger partial charge in [-0.15, -0.1) is 0 Å². The molecule has 1 aliphatic rings. The third kappa shape index (κ3) is 5.60. The third-order valence-electron chi connectivity index (χ3n) is 5.95. The van der Waals surface area contributed by atoms with Crippen LogP contribution in [0.4, 0.5) is 5.69 Å². The summed E-state index contributed by atoms with van der Waals surface area (Å²) in [6.07, 6.45) is 2.44. The van der Waals surface area contributed by atoms with Crippen molar-refractivity contribution >= 4 is 54.5 Å². The van der Waals surface area contributed by atoms with Gasteiger partial charge >= 0.3 is 0 Å². The SMILES string of the molecule is CS(=O)(=O)c1ccc([C@@H](CO)C(=O)Nc2cc(Cl)c(-c3ccc(S(=O)(=O)C4CC4)cc3)c(Cl)c2)cc1. The van der Waals surface area contributed by atoms with Crippen LogP contribution in [0.15, 0.2) is 70.5 Å². The molecule has 3 aromatic rings. The zero-order chi connectivity index (χ0) is 26.3. The normalized spacial score (nSPS) is 14.9. The predicted molar refractivity (Wildman–Crippen MR) is 140 cm³/mol. The molecule has 190 valence electrons. The van der Waals surface area contributed by atoms with Crippen LogP contribution in [-0.4, -0.2) is 46.0 Å². The van der Waals surface area contributed by atoms with Crippen LogP contribution in [0.1, 0.15) is 24.3 Å². The van der Waals surface area contributed by atoms with Crippen LogP contribution in [0.3, 0.4) is 0 Å². The van der Waals surface area contributed by atoms with Crippen LogP contribution in [0.5, 0.6) is 0 Å². The van der Waals surface area contributed by atoms with E-state index in [4.69, 9.17) is 23.2 Å². The molecule has 0 heterocycles. The monoisotopic (exact) mass is 567 g/mol. The van der Waals surface area contributed by atoms with Gasteiger partial charge in [0.15, 0.2) is 19.7 Å². The van der Waals surface area contributed by atoms with E-state index in [-0.39, 0.29) is 25.1 Å². The van der Waals surface area contributed by atoms with Crippen molar-refractivity contribution in [1.82, 2.24) is 0 Å². The number of halogens is 2. The molecule has 0 radical (unpaired) electrons. The third-order valence-corrected chi connectivity index (χ3v) is 9.96. The van der Waals surface area contributed by atoms with Crippen LogP contribution >= 0.6 is 23.2 Å². The largest absolute Gasteiger partial charge is 0.395 e. The smallest absolute Gasteiger partial charge is 0.234 e. The van der Waals surface area contributed by atoms with Gasteiger partial charge in [-0.2, -0.15) is 0 Å². The molecule has 1 fully saturated rings. The van der Waals surface area contributed by atoms with Gasteiger partial charge in [0.2, 0.25) is 5.91 Å². The van der Waals surface area contributed by atoms with Crippen molar-refractivity contribution in [2.45, 2.75) is 33.8 Å². The molecule has 0 aliphatic heterocycles. The fourth-order valence-corrected chi connectivity index (χ4v) is 6.81. The Bertz CT molecular complexity index is 1490. The summed E-state index contributed by atoms with van der Waals surface area (Å²) in [4.78, 5) is 13.2. The molecular formula is C25H23Cl2NO6S2. The van der Waals surface area contributed by atoms with Crippen molar-refractivity contribution in [2.75, 3.05) is 18.2 Å². The van der Waals surface area contributed by atoms with E-state index >= 15 is 0 Å². The van der Waals surface area contributed by atoms with Gasteiger partial charge in [-0.05, 0) is 60.4 Å². The number of nitrogens with one attached hydrogen (secondary N) is 1. The maximum Gasteiger partial charge on any atom is 0.234 e. The van der Waals surface area contributed by atoms with E-state index in [1.807, 2.05) is 0 Å². The molecule has 0 aromatic heterocycles. The number of amides is 1. The van der Waals surface area contributed by atoms with Gasteiger partial charge in [-0.1, -0.05) is 47.5 Å². The van der Waals surface area contributed by atoms with E-state index in [0.717, 1.165) is 6.26 Å². The average Bonchev–Trinajstić information content (AvgIpc) is 3.65. The first-order chi connectivity index (χ1) is 16.9. The van der Waals surface area contributed by atoms with Crippen molar-refractivity contribution in [3.63, 3.8) is 0 Å². The molecule has 0 bridgehead atoms. The maximum absolute atomic E-state index is 12.9. The van der Waals surface area contributed by atoms with Crippen molar-refractivity contribution in [1.29, 1.82) is 0 Å². The van der Waals surface area contributed by atoms with Crippen LogP contribution < -0.4 is 5.32 Å². The summed E-state index contributed by atoms with van der Waals surface area (Å²) >= 11 is 12.9. The van der Waals surface area contributed by atoms with Crippen molar-refractivity contribution < 1.29 is 26.7 Å². The summed E-state index contributed by atoms with van der Waals surface area (Å²) in [6, 6.07) is 15.1. The molecule has 1 aliphatic carbocycles. The second-order valence-electron chi connectivity index (χ2n) is 8.65. The molecular weight excluding hydrogens is 545 g/mol. The molecule has 3 aromatic carbocycles. The molecule has 1 saturated carbocycles. The highest BCUT2D eigenvalue weighted by molar-refractivity contribution is 7.92. The minimum Gasteiger partial charge on any atom is -0.395 e. The van der Waals surface area contributed by atoms with Crippen LogP contribution in [-0.2, 0) is 24.5 Å². The second kappa shape index (κ2) is 10.1. The Morgan fingerprint density at radius 3 is 1.94 bits per heavy atom. The van der Waals surface area contributed by atoms with Gasteiger partial charge in [-0.25, -0.2) is 16.8 Å². The molecule has 36 heavy (non-hydrogen) atoms. The summed E-state index contributed by atoms with van der Waals surface area (Å²) < 4.78 is 48.2. The van der Waals surface area contributed by atoms with E-state index in [2.05, 4.69) is 5.32 Å². The highest BCUT2D eigenvalue weighted by Crippen LogP contribution is 2.39. The molecule has 7 nitrogen and oxygen atoms in total. The highest BCUT2D eigenvalue weighted by Gasteiger charge is 2.36. The lowest BCUT2D eigenvalue weighted by atomic mass is 9.99. The molecule has 11 heteroatoms. The van der Waals surface area contributed by atoms with Crippen molar-refractivity contribution in [2.24, 2.45) is 0 Å². The Labute approximate surface area is 219 Å². The van der Waals surface area contributed by atoms with E-state index in [9.17, 15) is 26.7 Å². The first kappa shape index (κ1) is 26.6. The van der Waals surface area contributed by atoms with Gasteiger partial charge in [-0.3, -0.25) is 4.79 Å². The Morgan fingerprint density at radius 2 is 1.47 bits per heavy atom. The standard InChI is InChI=1S/C25H23Cl2NO6S2/c1-35(31,32)18-6-2-15(3-7-18)21(14-29)25(30)28-17-12-22(26)24(23(27)13-17)16-4-8-19(9-5-16)36(33,34)20-10-11-20/h2-9,12-13,20-21,29H,10-11,14H2,1H3,(H,28,30)/t21-/m1/s1. The number of aliphatic hydroxyl groups excluding tert-OH is 1. The fraction of sp³-hybridized carbons (Fsp3) is 0.240. The molecule has 4 rings (SSSR count). The first-order valence-electron chi connectivity index (χ1n) is 11.0. The molecule has 2 N–H and O–H groups in total. The first-order valence-corrected chi connectivity index (χ1v) is 15.2. The fourth-order valence-electron chi connectivity index (χ4n) is 3.82. The van der Waals surface area contributed by atoms with E-state index in [0.29, 0.717) is 35.2 Å². The summed E-state index contributed by atoms with van der Waals surface area (Å²) in [5, 5.41) is 12.7. The quantitative estimate of drug-likeness (QED) is 0.406. The van der Waals surface area contributed by atoms with Gasteiger partial charge in [0.05, 0.1) is 37.6 Å². The number of anilines is 1. The van der Waals surface area contributed by atoms with E-state index < -0.39 is 38.1 Å². The number of sulfone groups is 2. The number of hydrogen-bond donors (Lipinski definition) is 2. The van der Waals surface area contributed by atoms with E-state index in [1.54, 1.807) is 12.1 Å². The average molecular weight is 569 g/mol. The van der Waals surface area contributed by atoms with Crippen molar-refractivity contribution in [3.05, 3.63) is 76.3 Å². The van der Waals surface area contributed by atoms with Crippen molar-refractivity contribution in [3.8, 4) is 11.1 Å². The zero-order valence-electron chi connectivity index (χ0n) is 19.1. The van der Waals surface area contributed by atoms with Crippen LogP contribution in [0, 0.1) is 0 Å². The number of benzene rings is 3. The highest BCUT2D eigenvalue weighted by atomic mass is 35.5.